The van der Waals surface area contributed by atoms with Gasteiger partial charge in [0.05, 0.1) is 13.2 Å². The number of rotatable bonds is 9. The molecule has 0 bridgehead atoms. The molecule has 3 N–H and O–H groups in total. The van der Waals surface area contributed by atoms with E-state index in [-0.39, 0.29) is 18.5 Å². The van der Waals surface area contributed by atoms with Crippen LogP contribution in [0.1, 0.15) is 38.3 Å². The van der Waals surface area contributed by atoms with E-state index in [2.05, 4.69) is 38.0 Å². The molecule has 2 rings (SSSR count). The lowest BCUT2D eigenvalue weighted by atomic mass is 10.1. The third-order valence-electron chi connectivity index (χ3n) is 4.62. The summed E-state index contributed by atoms with van der Waals surface area (Å²) in [6, 6.07) is 8.48. The molecule has 1 aliphatic rings. The third kappa shape index (κ3) is 6.75. The highest BCUT2D eigenvalue weighted by atomic mass is 16.5. The van der Waals surface area contributed by atoms with Crippen LogP contribution >= 0.6 is 0 Å². The summed E-state index contributed by atoms with van der Waals surface area (Å²) in [7, 11) is 1.69. The van der Waals surface area contributed by atoms with E-state index < -0.39 is 0 Å². The van der Waals surface area contributed by atoms with Gasteiger partial charge in [-0.25, -0.2) is 4.99 Å². The van der Waals surface area contributed by atoms with Crippen LogP contribution in [0.3, 0.4) is 0 Å². The average Bonchev–Trinajstić information content (AvgIpc) is 3.21. The predicted molar refractivity (Wildman–Crippen MR) is 109 cm³/mol. The highest BCUT2D eigenvalue weighted by Crippen LogP contribution is 2.27. The molecule has 1 saturated heterocycles. The molecule has 7 heteroatoms. The topological polar surface area (TPSA) is 78.0 Å². The number of carbonyl (C=O) groups excluding carboxylic acids is 1. The molecular weight excluding hydrogens is 342 g/mol. The minimum absolute atomic E-state index is 0.0707. The summed E-state index contributed by atoms with van der Waals surface area (Å²) in [5, 5.41) is 9.39. The molecule has 1 aliphatic heterocycles. The maximum Gasteiger partial charge on any atom is 0.241 e. The molecule has 1 amide bonds. The normalized spacial score (nSPS) is 16.0. The van der Waals surface area contributed by atoms with E-state index >= 15 is 0 Å². The fraction of sp³-hybridized carbons (Fsp3) is 0.600. The Bertz CT molecular complexity index is 614. The van der Waals surface area contributed by atoms with Gasteiger partial charge in [0.25, 0.3) is 0 Å². The monoisotopic (exact) mass is 375 g/mol. The number of carbonyl (C=O) groups is 1. The maximum absolute atomic E-state index is 11.7. The molecule has 0 radical (unpaired) electrons. The van der Waals surface area contributed by atoms with Crippen LogP contribution in [0.5, 0.6) is 5.75 Å². The number of aliphatic imine (C=N–C) groups is 1. The van der Waals surface area contributed by atoms with Crippen LogP contribution in [0.25, 0.3) is 0 Å². The van der Waals surface area contributed by atoms with Crippen molar-refractivity contribution in [2.24, 2.45) is 4.99 Å². The lowest BCUT2D eigenvalue weighted by Gasteiger charge is -2.29. The molecule has 1 unspecified atom stereocenters. The Labute approximate surface area is 162 Å². The second-order valence-electron chi connectivity index (χ2n) is 6.57. The van der Waals surface area contributed by atoms with Crippen LogP contribution in [0.2, 0.25) is 0 Å². The van der Waals surface area contributed by atoms with Gasteiger partial charge in [-0.2, -0.15) is 0 Å². The molecule has 150 valence electrons. The number of nitrogens with one attached hydrogen (secondary N) is 3. The van der Waals surface area contributed by atoms with E-state index in [1.165, 1.54) is 18.4 Å². The molecular formula is C20H33N5O2. The van der Waals surface area contributed by atoms with Crippen LogP contribution in [0.4, 0.5) is 0 Å². The zero-order chi connectivity index (χ0) is 19.5. The van der Waals surface area contributed by atoms with Gasteiger partial charge in [0, 0.05) is 19.6 Å². The van der Waals surface area contributed by atoms with Gasteiger partial charge in [-0.1, -0.05) is 12.1 Å². The predicted octanol–water partition coefficient (Wildman–Crippen LogP) is 1.52. The first-order chi connectivity index (χ1) is 13.2. The number of methoxy groups -OCH3 is 1. The quantitative estimate of drug-likeness (QED) is 0.451. The molecule has 0 aromatic heterocycles. The Hall–Kier alpha value is -2.28. The SMILES string of the molecule is CCNC(=O)CN=C(NCC)NCC(c1cccc(OC)c1)N1CCCC1. The van der Waals surface area contributed by atoms with Crippen LogP contribution in [0.15, 0.2) is 29.3 Å². The summed E-state index contributed by atoms with van der Waals surface area (Å²) < 4.78 is 5.40. The highest BCUT2D eigenvalue weighted by Gasteiger charge is 2.24. The molecule has 7 nitrogen and oxygen atoms in total. The van der Waals surface area contributed by atoms with E-state index in [1.807, 2.05) is 26.0 Å². The summed E-state index contributed by atoms with van der Waals surface area (Å²) in [5.41, 5.74) is 1.23. The number of hydrogen-bond acceptors (Lipinski definition) is 4. The van der Waals surface area contributed by atoms with Crippen molar-refractivity contribution in [3.05, 3.63) is 29.8 Å². The molecule has 27 heavy (non-hydrogen) atoms. The second kappa shape index (κ2) is 11.4. The number of likely N-dealkylation sites (N-methyl/N-ethyl adjacent to an activating group) is 1. The minimum atomic E-state index is -0.0707. The van der Waals surface area contributed by atoms with Gasteiger partial charge in [-0.15, -0.1) is 0 Å². The van der Waals surface area contributed by atoms with E-state index in [0.717, 1.165) is 25.4 Å². The number of ether oxygens (including phenoxy) is 1. The Morgan fingerprint density at radius 3 is 2.59 bits per heavy atom. The van der Waals surface area contributed by atoms with Gasteiger partial charge < -0.3 is 20.7 Å². The number of amides is 1. The Morgan fingerprint density at radius 2 is 1.93 bits per heavy atom. The highest BCUT2D eigenvalue weighted by molar-refractivity contribution is 5.84. The molecule has 1 aromatic carbocycles. The molecule has 0 spiro atoms. The number of benzene rings is 1. The van der Waals surface area contributed by atoms with Crippen molar-refractivity contribution in [3.63, 3.8) is 0 Å². The third-order valence-corrected chi connectivity index (χ3v) is 4.62. The number of likely N-dealkylation sites (tertiary alicyclic amines) is 1. The van der Waals surface area contributed by atoms with Crippen molar-refractivity contribution < 1.29 is 9.53 Å². The Morgan fingerprint density at radius 1 is 1.19 bits per heavy atom. The fourth-order valence-corrected chi connectivity index (χ4v) is 3.30. The first kappa shape index (κ1) is 21.0. The Balaban J connectivity index is 2.08. The smallest absolute Gasteiger partial charge is 0.241 e. The van der Waals surface area contributed by atoms with Crippen molar-refractivity contribution in [2.45, 2.75) is 32.7 Å². The number of nitrogens with zero attached hydrogens (tertiary/aromatic N) is 2. The minimum Gasteiger partial charge on any atom is -0.497 e. The van der Waals surface area contributed by atoms with Crippen LogP contribution in [0, 0.1) is 0 Å². The largest absolute Gasteiger partial charge is 0.497 e. The standard InChI is InChI=1S/C20H33N5O2/c1-4-21-19(26)15-24-20(22-5-2)23-14-18(25-11-6-7-12-25)16-9-8-10-17(13-16)27-3/h8-10,13,18H,4-7,11-12,14-15H2,1-3H3,(H,21,26)(H2,22,23,24). The van der Waals surface area contributed by atoms with Crippen molar-refractivity contribution in [1.82, 2.24) is 20.9 Å². The van der Waals surface area contributed by atoms with Crippen LogP contribution in [-0.2, 0) is 4.79 Å². The molecule has 0 aliphatic carbocycles. The zero-order valence-electron chi connectivity index (χ0n) is 16.8. The van der Waals surface area contributed by atoms with E-state index in [1.54, 1.807) is 7.11 Å². The van der Waals surface area contributed by atoms with Crippen molar-refractivity contribution in [1.29, 1.82) is 0 Å². The van der Waals surface area contributed by atoms with E-state index in [4.69, 9.17) is 4.74 Å². The zero-order valence-corrected chi connectivity index (χ0v) is 16.8. The number of guanidine groups is 1. The lowest BCUT2D eigenvalue weighted by Crippen LogP contribution is -2.43. The second-order valence-corrected chi connectivity index (χ2v) is 6.57. The summed E-state index contributed by atoms with van der Waals surface area (Å²) in [4.78, 5) is 18.6. The first-order valence-corrected chi connectivity index (χ1v) is 9.84. The van der Waals surface area contributed by atoms with E-state index in [9.17, 15) is 4.79 Å². The van der Waals surface area contributed by atoms with Crippen molar-refractivity contribution in [3.8, 4) is 5.75 Å². The summed E-state index contributed by atoms with van der Waals surface area (Å²) in [6.45, 7) is 8.31. The van der Waals surface area contributed by atoms with Gasteiger partial charge in [-0.3, -0.25) is 9.69 Å². The maximum atomic E-state index is 11.7. The summed E-state index contributed by atoms with van der Waals surface area (Å²) in [5.74, 6) is 1.46. The molecule has 0 saturated carbocycles. The fourth-order valence-electron chi connectivity index (χ4n) is 3.30. The Kier molecular flexibility index (Phi) is 8.91. The van der Waals surface area contributed by atoms with Gasteiger partial charge in [0.2, 0.25) is 5.91 Å². The van der Waals surface area contributed by atoms with Gasteiger partial charge in [0.15, 0.2) is 5.96 Å². The molecule has 1 fully saturated rings. The lowest BCUT2D eigenvalue weighted by molar-refractivity contribution is -0.119. The number of hydrogen-bond donors (Lipinski definition) is 3. The van der Waals surface area contributed by atoms with Crippen molar-refractivity contribution >= 4 is 11.9 Å². The summed E-state index contributed by atoms with van der Waals surface area (Å²) in [6.07, 6.45) is 2.46. The van der Waals surface area contributed by atoms with Gasteiger partial charge in [0.1, 0.15) is 12.3 Å². The van der Waals surface area contributed by atoms with Gasteiger partial charge in [-0.05, 0) is 57.5 Å². The average molecular weight is 376 g/mol. The molecule has 1 heterocycles. The van der Waals surface area contributed by atoms with Crippen molar-refractivity contribution in [2.75, 3.05) is 46.4 Å². The van der Waals surface area contributed by atoms with Crippen LogP contribution < -0.4 is 20.7 Å². The summed E-state index contributed by atoms with van der Waals surface area (Å²) >= 11 is 0. The molecule has 1 atom stereocenters. The first-order valence-electron chi connectivity index (χ1n) is 9.84. The van der Waals surface area contributed by atoms with Gasteiger partial charge >= 0.3 is 0 Å². The molecule has 1 aromatic rings. The van der Waals surface area contributed by atoms with E-state index in [0.29, 0.717) is 19.0 Å². The van der Waals surface area contributed by atoms with Crippen LogP contribution in [-0.4, -0.2) is 63.1 Å².